The molecule has 0 aliphatic rings. The molecule has 2 rings (SSSR count). The molecule has 0 amide bonds. The van der Waals surface area contributed by atoms with E-state index in [0.717, 1.165) is 28.8 Å². The molecule has 0 bridgehead atoms. The van der Waals surface area contributed by atoms with Crippen molar-refractivity contribution < 1.29 is 4.74 Å². The van der Waals surface area contributed by atoms with Gasteiger partial charge in [-0.2, -0.15) is 0 Å². The number of fused-ring (bicyclic) bond motifs is 1. The van der Waals surface area contributed by atoms with Gasteiger partial charge in [-0.05, 0) is 57.1 Å². The van der Waals surface area contributed by atoms with E-state index in [4.69, 9.17) is 10.5 Å². The van der Waals surface area contributed by atoms with E-state index in [1.807, 2.05) is 26.0 Å². The van der Waals surface area contributed by atoms with Gasteiger partial charge >= 0.3 is 0 Å². The van der Waals surface area contributed by atoms with Gasteiger partial charge in [0, 0.05) is 17.5 Å². The Balaban J connectivity index is 2.44. The van der Waals surface area contributed by atoms with Crippen LogP contribution in [0.25, 0.3) is 10.9 Å². The van der Waals surface area contributed by atoms with E-state index >= 15 is 0 Å². The number of ether oxygens (including phenoxy) is 1. The van der Waals surface area contributed by atoms with Gasteiger partial charge in [-0.3, -0.25) is 4.98 Å². The molecule has 1 aromatic heterocycles. The zero-order chi connectivity index (χ0) is 13.1. The quantitative estimate of drug-likeness (QED) is 0.899. The van der Waals surface area contributed by atoms with E-state index in [9.17, 15) is 0 Å². The molecule has 0 fully saturated rings. The lowest BCUT2D eigenvalue weighted by molar-refractivity contribution is 0.243. The minimum atomic E-state index is 0.187. The molecule has 1 heterocycles. The Bertz CT molecular complexity index is 549. The van der Waals surface area contributed by atoms with Crippen LogP contribution in [0.1, 0.15) is 25.1 Å². The summed E-state index contributed by atoms with van der Waals surface area (Å²) < 4.78 is 5.71. The molecule has 96 valence electrons. The van der Waals surface area contributed by atoms with Crippen molar-refractivity contribution in [3.63, 3.8) is 0 Å². The number of benzene rings is 1. The number of nitrogens with zero attached hydrogens (tertiary/aromatic N) is 1. The fourth-order valence-corrected chi connectivity index (χ4v) is 2.06. The number of hydrogen-bond donors (Lipinski definition) is 1. The van der Waals surface area contributed by atoms with Crippen molar-refractivity contribution in [1.82, 2.24) is 4.98 Å². The highest BCUT2D eigenvalue weighted by Crippen LogP contribution is 2.24. The van der Waals surface area contributed by atoms with Crippen LogP contribution in [0.15, 0.2) is 24.3 Å². The van der Waals surface area contributed by atoms with Crippen molar-refractivity contribution in [3.05, 3.63) is 35.5 Å². The average molecular weight is 244 g/mol. The van der Waals surface area contributed by atoms with Gasteiger partial charge in [0.05, 0.1) is 11.6 Å². The van der Waals surface area contributed by atoms with Crippen LogP contribution < -0.4 is 10.5 Å². The Hall–Kier alpha value is -1.61. The third-order valence-electron chi connectivity index (χ3n) is 2.81. The largest absolute Gasteiger partial charge is 0.491 e. The summed E-state index contributed by atoms with van der Waals surface area (Å²) in [5.74, 6) is 0.897. The second-order valence-corrected chi connectivity index (χ2v) is 4.81. The predicted octanol–water partition coefficient (Wildman–Crippen LogP) is 2.83. The summed E-state index contributed by atoms with van der Waals surface area (Å²) in [5.41, 5.74) is 8.86. The lowest BCUT2D eigenvalue weighted by atomic mass is 10.1. The van der Waals surface area contributed by atoms with E-state index in [-0.39, 0.29) is 6.10 Å². The zero-order valence-corrected chi connectivity index (χ0v) is 11.2. The summed E-state index contributed by atoms with van der Waals surface area (Å²) in [6, 6.07) is 8.15. The molecule has 0 atom stereocenters. The van der Waals surface area contributed by atoms with Crippen LogP contribution >= 0.6 is 0 Å². The standard InChI is InChI=1S/C15H20N2O/c1-10(2)18-13-4-5-15-14(9-13)11(3)8-12(17-15)6-7-16/h4-5,8-10H,6-7,16H2,1-3H3. The van der Waals surface area contributed by atoms with Gasteiger partial charge in [0.1, 0.15) is 5.75 Å². The minimum Gasteiger partial charge on any atom is -0.491 e. The van der Waals surface area contributed by atoms with Crippen LogP contribution in [0.4, 0.5) is 0 Å². The van der Waals surface area contributed by atoms with Crippen molar-refractivity contribution in [3.8, 4) is 5.75 Å². The maximum atomic E-state index is 5.71. The number of rotatable bonds is 4. The monoisotopic (exact) mass is 244 g/mol. The van der Waals surface area contributed by atoms with Crippen molar-refractivity contribution in [1.29, 1.82) is 0 Å². The highest BCUT2D eigenvalue weighted by Gasteiger charge is 2.05. The molecule has 3 nitrogen and oxygen atoms in total. The van der Waals surface area contributed by atoms with Crippen LogP contribution in [0.5, 0.6) is 5.75 Å². The Labute approximate surface area is 108 Å². The molecule has 0 saturated carbocycles. The summed E-state index contributed by atoms with van der Waals surface area (Å²) in [5, 5.41) is 1.15. The molecule has 0 spiro atoms. The maximum Gasteiger partial charge on any atom is 0.120 e. The first kappa shape index (κ1) is 12.8. The molecule has 0 aliphatic carbocycles. The number of nitrogens with two attached hydrogens (primary N) is 1. The van der Waals surface area contributed by atoms with Crippen molar-refractivity contribution >= 4 is 10.9 Å². The van der Waals surface area contributed by atoms with E-state index < -0.39 is 0 Å². The molecular formula is C15H20N2O. The van der Waals surface area contributed by atoms with E-state index in [1.54, 1.807) is 0 Å². The number of hydrogen-bond acceptors (Lipinski definition) is 3. The van der Waals surface area contributed by atoms with Gasteiger partial charge in [-0.1, -0.05) is 0 Å². The summed E-state index contributed by atoms with van der Waals surface area (Å²) in [4.78, 5) is 4.61. The third kappa shape index (κ3) is 2.79. The lowest BCUT2D eigenvalue weighted by Crippen LogP contribution is -2.06. The van der Waals surface area contributed by atoms with Gasteiger partial charge in [0.25, 0.3) is 0 Å². The smallest absolute Gasteiger partial charge is 0.120 e. The van der Waals surface area contributed by atoms with Crippen LogP contribution in [0.3, 0.4) is 0 Å². The van der Waals surface area contributed by atoms with Gasteiger partial charge in [-0.15, -0.1) is 0 Å². The molecule has 0 unspecified atom stereocenters. The Morgan fingerprint density at radius 1 is 1.28 bits per heavy atom. The summed E-state index contributed by atoms with van der Waals surface area (Å²) >= 11 is 0. The summed E-state index contributed by atoms with van der Waals surface area (Å²) in [6.45, 7) is 6.79. The first-order valence-electron chi connectivity index (χ1n) is 6.37. The highest BCUT2D eigenvalue weighted by atomic mass is 16.5. The fourth-order valence-electron chi connectivity index (χ4n) is 2.06. The third-order valence-corrected chi connectivity index (χ3v) is 2.81. The van der Waals surface area contributed by atoms with Crippen LogP contribution in [0.2, 0.25) is 0 Å². The molecule has 1 aromatic carbocycles. The van der Waals surface area contributed by atoms with Crippen molar-refractivity contribution in [2.75, 3.05) is 6.54 Å². The van der Waals surface area contributed by atoms with Crippen molar-refractivity contribution in [2.45, 2.75) is 33.3 Å². The van der Waals surface area contributed by atoms with Crippen LogP contribution in [0, 0.1) is 6.92 Å². The first-order chi connectivity index (χ1) is 8.60. The van der Waals surface area contributed by atoms with E-state index in [2.05, 4.69) is 24.0 Å². The molecule has 2 aromatic rings. The first-order valence-corrected chi connectivity index (χ1v) is 6.37. The molecular weight excluding hydrogens is 224 g/mol. The lowest BCUT2D eigenvalue weighted by Gasteiger charge is -2.11. The molecule has 0 radical (unpaired) electrons. The Kier molecular flexibility index (Phi) is 3.82. The van der Waals surface area contributed by atoms with Gasteiger partial charge in [-0.25, -0.2) is 0 Å². The van der Waals surface area contributed by atoms with Gasteiger partial charge in [0.2, 0.25) is 0 Å². The fraction of sp³-hybridized carbons (Fsp3) is 0.400. The zero-order valence-electron chi connectivity index (χ0n) is 11.2. The number of aryl methyl sites for hydroxylation is 1. The van der Waals surface area contributed by atoms with E-state index in [1.165, 1.54) is 5.56 Å². The summed E-state index contributed by atoms with van der Waals surface area (Å²) in [6.07, 6.45) is 1.01. The number of aromatic nitrogens is 1. The summed E-state index contributed by atoms with van der Waals surface area (Å²) in [7, 11) is 0. The van der Waals surface area contributed by atoms with Gasteiger partial charge < -0.3 is 10.5 Å². The maximum absolute atomic E-state index is 5.71. The molecule has 0 saturated heterocycles. The Morgan fingerprint density at radius 2 is 2.06 bits per heavy atom. The van der Waals surface area contributed by atoms with Crippen LogP contribution in [-0.4, -0.2) is 17.6 Å². The normalized spacial score (nSPS) is 11.2. The van der Waals surface area contributed by atoms with Crippen LogP contribution in [-0.2, 0) is 6.42 Å². The molecule has 18 heavy (non-hydrogen) atoms. The topological polar surface area (TPSA) is 48.1 Å². The predicted molar refractivity (Wildman–Crippen MR) is 75.0 cm³/mol. The second kappa shape index (κ2) is 5.36. The average Bonchev–Trinajstić information content (AvgIpc) is 2.30. The Morgan fingerprint density at radius 3 is 2.72 bits per heavy atom. The second-order valence-electron chi connectivity index (χ2n) is 4.81. The highest BCUT2D eigenvalue weighted by molar-refractivity contribution is 5.83. The van der Waals surface area contributed by atoms with Gasteiger partial charge in [0.15, 0.2) is 0 Å². The minimum absolute atomic E-state index is 0.187. The van der Waals surface area contributed by atoms with E-state index in [0.29, 0.717) is 6.54 Å². The SMILES string of the molecule is Cc1cc(CCN)nc2ccc(OC(C)C)cc12. The number of pyridine rings is 1. The molecule has 2 N–H and O–H groups in total. The van der Waals surface area contributed by atoms with Crippen molar-refractivity contribution in [2.24, 2.45) is 5.73 Å². The molecule has 0 aliphatic heterocycles. The molecule has 3 heteroatoms.